The molecule has 1 amide bonds. The average molecular weight is 264 g/mol. The molecule has 0 aromatic heterocycles. The first kappa shape index (κ1) is 13.4. The van der Waals surface area contributed by atoms with Crippen LogP contribution in [-0.4, -0.2) is 28.6 Å². The van der Waals surface area contributed by atoms with E-state index in [9.17, 15) is 4.79 Å². The van der Waals surface area contributed by atoms with Gasteiger partial charge in [0.2, 0.25) is 5.91 Å². The monoisotopic (exact) mass is 264 g/mol. The minimum atomic E-state index is -0.188. The molecule has 1 N–H and O–H groups in total. The second-order valence-corrected chi connectivity index (χ2v) is 7.05. The Bertz CT molecular complexity index is 362. The Hall–Kier alpha value is -0.570. The van der Waals surface area contributed by atoms with Crippen LogP contribution >= 0.6 is 0 Å². The van der Waals surface area contributed by atoms with Gasteiger partial charge >= 0.3 is 0 Å². The number of hydrogen-bond acceptors (Lipinski definition) is 2. The molecular weight excluding hydrogens is 236 g/mol. The number of carbonyl (C=O) groups excluding carboxylic acids is 1. The predicted molar refractivity (Wildman–Crippen MR) is 76.6 cm³/mol. The Morgan fingerprint density at radius 3 is 2.47 bits per heavy atom. The van der Waals surface area contributed by atoms with E-state index in [1.807, 2.05) is 0 Å². The fourth-order valence-electron chi connectivity index (χ4n) is 4.59. The lowest BCUT2D eigenvalue weighted by Gasteiger charge is -2.33. The fraction of sp³-hybridized carbons (Fsp3) is 0.938. The molecule has 19 heavy (non-hydrogen) atoms. The quantitative estimate of drug-likeness (QED) is 0.831. The van der Waals surface area contributed by atoms with Crippen LogP contribution in [0.2, 0.25) is 0 Å². The van der Waals surface area contributed by atoms with Gasteiger partial charge in [0.15, 0.2) is 0 Å². The van der Waals surface area contributed by atoms with Gasteiger partial charge < -0.3 is 4.90 Å². The highest BCUT2D eigenvalue weighted by Gasteiger charge is 2.54. The standard InChI is InChI=1S/C16H28N2O/c1-4-14-17-16(9-5-6-10-16)15(19)18(14)13-8-7-11(2)12(13)3/h11-14,17H,4-10H2,1-3H3. The van der Waals surface area contributed by atoms with Crippen molar-refractivity contribution >= 4 is 5.91 Å². The molecule has 108 valence electrons. The molecule has 0 radical (unpaired) electrons. The molecule has 3 fully saturated rings. The summed E-state index contributed by atoms with van der Waals surface area (Å²) in [6.45, 7) is 6.88. The Morgan fingerprint density at radius 2 is 1.95 bits per heavy atom. The number of nitrogens with zero attached hydrogens (tertiary/aromatic N) is 1. The third kappa shape index (κ3) is 1.93. The minimum Gasteiger partial charge on any atom is -0.322 e. The number of nitrogens with one attached hydrogen (secondary N) is 1. The van der Waals surface area contributed by atoms with Crippen molar-refractivity contribution in [2.24, 2.45) is 11.8 Å². The van der Waals surface area contributed by atoms with Gasteiger partial charge in [-0.2, -0.15) is 0 Å². The fourth-order valence-corrected chi connectivity index (χ4v) is 4.59. The summed E-state index contributed by atoms with van der Waals surface area (Å²) in [5.41, 5.74) is -0.188. The molecule has 3 heteroatoms. The van der Waals surface area contributed by atoms with Gasteiger partial charge in [0.05, 0.1) is 11.7 Å². The molecule has 4 atom stereocenters. The molecule has 3 aliphatic rings. The summed E-state index contributed by atoms with van der Waals surface area (Å²) >= 11 is 0. The van der Waals surface area contributed by atoms with Crippen LogP contribution in [0.3, 0.4) is 0 Å². The molecular formula is C16H28N2O. The highest BCUT2D eigenvalue weighted by Crippen LogP contribution is 2.42. The lowest BCUT2D eigenvalue weighted by molar-refractivity contribution is -0.136. The number of rotatable bonds is 2. The van der Waals surface area contributed by atoms with Gasteiger partial charge in [-0.1, -0.05) is 33.6 Å². The van der Waals surface area contributed by atoms with Crippen LogP contribution in [-0.2, 0) is 4.79 Å². The lowest BCUT2D eigenvalue weighted by atomic mass is 9.94. The largest absolute Gasteiger partial charge is 0.322 e. The predicted octanol–water partition coefficient (Wildman–Crippen LogP) is 2.90. The van der Waals surface area contributed by atoms with Gasteiger partial charge in [-0.15, -0.1) is 0 Å². The van der Waals surface area contributed by atoms with Crippen molar-refractivity contribution in [2.45, 2.75) is 83.5 Å². The molecule has 1 heterocycles. The Labute approximate surface area is 117 Å². The summed E-state index contributed by atoms with van der Waals surface area (Å²) in [6.07, 6.45) is 8.31. The molecule has 1 aliphatic heterocycles. The van der Waals surface area contributed by atoms with Crippen molar-refractivity contribution in [1.29, 1.82) is 0 Å². The minimum absolute atomic E-state index is 0.188. The smallest absolute Gasteiger partial charge is 0.244 e. The Morgan fingerprint density at radius 1 is 1.26 bits per heavy atom. The zero-order chi connectivity index (χ0) is 13.6. The van der Waals surface area contributed by atoms with Crippen molar-refractivity contribution in [3.05, 3.63) is 0 Å². The molecule has 3 nitrogen and oxygen atoms in total. The Balaban J connectivity index is 1.85. The van der Waals surface area contributed by atoms with Crippen LogP contribution in [0.25, 0.3) is 0 Å². The molecule has 0 aromatic carbocycles. The zero-order valence-corrected chi connectivity index (χ0v) is 12.6. The van der Waals surface area contributed by atoms with Crippen LogP contribution in [0.5, 0.6) is 0 Å². The van der Waals surface area contributed by atoms with E-state index in [1.54, 1.807) is 0 Å². The number of hydrogen-bond donors (Lipinski definition) is 1. The second-order valence-electron chi connectivity index (χ2n) is 7.05. The highest BCUT2D eigenvalue weighted by atomic mass is 16.2. The van der Waals surface area contributed by atoms with Crippen LogP contribution in [0, 0.1) is 11.8 Å². The van der Waals surface area contributed by atoms with Crippen molar-refractivity contribution < 1.29 is 4.79 Å². The molecule has 0 aromatic rings. The van der Waals surface area contributed by atoms with Gasteiger partial charge in [-0.3, -0.25) is 10.1 Å². The third-order valence-electron chi connectivity index (χ3n) is 6.05. The molecule has 2 aliphatic carbocycles. The molecule has 2 saturated carbocycles. The first-order valence-electron chi connectivity index (χ1n) is 8.19. The van der Waals surface area contributed by atoms with E-state index in [-0.39, 0.29) is 11.7 Å². The lowest BCUT2D eigenvalue weighted by Crippen LogP contribution is -2.47. The van der Waals surface area contributed by atoms with Crippen molar-refractivity contribution in [1.82, 2.24) is 10.2 Å². The molecule has 3 rings (SSSR count). The van der Waals surface area contributed by atoms with E-state index in [2.05, 4.69) is 31.0 Å². The average Bonchev–Trinajstić information content (AvgIpc) is 3.06. The van der Waals surface area contributed by atoms with Crippen LogP contribution in [0.4, 0.5) is 0 Å². The first-order valence-corrected chi connectivity index (χ1v) is 8.19. The highest BCUT2D eigenvalue weighted by molar-refractivity contribution is 5.89. The van der Waals surface area contributed by atoms with Crippen LogP contribution in [0.1, 0.15) is 65.7 Å². The van der Waals surface area contributed by atoms with Crippen molar-refractivity contribution in [3.63, 3.8) is 0 Å². The normalized spacial score (nSPS) is 41.6. The summed E-state index contributed by atoms with van der Waals surface area (Å²) in [5, 5.41) is 3.70. The van der Waals surface area contributed by atoms with E-state index in [0.29, 0.717) is 17.9 Å². The SMILES string of the molecule is CCC1NC2(CCCC2)C(=O)N1C1CCC(C)C1C. The van der Waals surface area contributed by atoms with Gasteiger partial charge in [-0.05, 0) is 43.9 Å². The number of amides is 1. The van der Waals surface area contributed by atoms with Gasteiger partial charge in [-0.25, -0.2) is 0 Å². The molecule has 1 spiro atoms. The molecule has 4 unspecified atom stereocenters. The third-order valence-corrected chi connectivity index (χ3v) is 6.05. The summed E-state index contributed by atoms with van der Waals surface area (Å²) in [6, 6.07) is 0.472. The second kappa shape index (κ2) is 4.76. The zero-order valence-electron chi connectivity index (χ0n) is 12.6. The maximum atomic E-state index is 13.0. The van der Waals surface area contributed by atoms with Gasteiger partial charge in [0.1, 0.15) is 0 Å². The van der Waals surface area contributed by atoms with E-state index >= 15 is 0 Å². The molecule has 0 bridgehead atoms. The van der Waals surface area contributed by atoms with Crippen molar-refractivity contribution in [3.8, 4) is 0 Å². The van der Waals surface area contributed by atoms with Gasteiger partial charge in [0.25, 0.3) is 0 Å². The van der Waals surface area contributed by atoms with Crippen LogP contribution < -0.4 is 5.32 Å². The van der Waals surface area contributed by atoms with E-state index < -0.39 is 0 Å². The summed E-state index contributed by atoms with van der Waals surface area (Å²) < 4.78 is 0. The summed E-state index contributed by atoms with van der Waals surface area (Å²) in [7, 11) is 0. The van der Waals surface area contributed by atoms with E-state index in [1.165, 1.54) is 25.7 Å². The first-order chi connectivity index (χ1) is 9.09. The summed E-state index contributed by atoms with van der Waals surface area (Å²) in [4.78, 5) is 15.3. The van der Waals surface area contributed by atoms with Crippen LogP contribution in [0.15, 0.2) is 0 Å². The summed E-state index contributed by atoms with van der Waals surface area (Å²) in [5.74, 6) is 1.83. The topological polar surface area (TPSA) is 32.3 Å². The maximum Gasteiger partial charge on any atom is 0.244 e. The van der Waals surface area contributed by atoms with Gasteiger partial charge in [0, 0.05) is 6.04 Å². The number of carbonyl (C=O) groups is 1. The van der Waals surface area contributed by atoms with E-state index in [4.69, 9.17) is 0 Å². The van der Waals surface area contributed by atoms with Crippen molar-refractivity contribution in [2.75, 3.05) is 0 Å². The Kier molecular flexibility index (Phi) is 3.36. The maximum absolute atomic E-state index is 13.0. The molecule has 1 saturated heterocycles. The van der Waals surface area contributed by atoms with E-state index in [0.717, 1.165) is 25.2 Å².